The van der Waals surface area contributed by atoms with Crippen LogP contribution in [-0.2, 0) is 9.53 Å². The highest BCUT2D eigenvalue weighted by Gasteiger charge is 2.13. The molecular weight excluding hydrogens is 272 g/mol. The first-order valence-corrected chi connectivity index (χ1v) is 7.26. The van der Waals surface area contributed by atoms with Crippen molar-refractivity contribution in [2.75, 3.05) is 11.9 Å². The summed E-state index contributed by atoms with van der Waals surface area (Å²) >= 11 is 1.59. The van der Waals surface area contributed by atoms with Gasteiger partial charge in [0.15, 0.2) is 0 Å². The molecule has 1 N–H and O–H groups in total. The quantitative estimate of drug-likeness (QED) is 0.936. The van der Waals surface area contributed by atoms with Gasteiger partial charge in [0.05, 0.1) is 5.60 Å². The van der Waals surface area contributed by atoms with Crippen LogP contribution < -0.4 is 5.32 Å². The number of hydrogen-bond donors (Lipinski definition) is 1. The summed E-state index contributed by atoms with van der Waals surface area (Å²) in [7, 11) is 0. The molecule has 0 fully saturated rings. The molecule has 0 aliphatic rings. The van der Waals surface area contributed by atoms with Crippen LogP contribution in [0.4, 0.5) is 5.69 Å². The van der Waals surface area contributed by atoms with Gasteiger partial charge in [-0.15, -0.1) is 11.3 Å². The van der Waals surface area contributed by atoms with Crippen LogP contribution >= 0.6 is 11.3 Å². The molecule has 2 rings (SSSR count). The van der Waals surface area contributed by atoms with Crippen molar-refractivity contribution in [3.05, 3.63) is 35.8 Å². The third-order valence-corrected chi connectivity index (χ3v) is 3.31. The Morgan fingerprint density at radius 1 is 1.30 bits per heavy atom. The molecule has 1 amide bonds. The van der Waals surface area contributed by atoms with E-state index in [0.717, 1.165) is 16.3 Å². The SMILES string of the molecule is CC(C)(C)OCC(=O)Nc1ccc(-c2nccs2)cc1. The fourth-order valence-electron chi connectivity index (χ4n) is 1.54. The van der Waals surface area contributed by atoms with Gasteiger partial charge in [0.1, 0.15) is 11.6 Å². The Labute approximate surface area is 122 Å². The molecule has 106 valence electrons. The number of carbonyl (C=O) groups is 1. The smallest absolute Gasteiger partial charge is 0.250 e. The van der Waals surface area contributed by atoms with Gasteiger partial charge in [-0.2, -0.15) is 0 Å². The number of nitrogens with one attached hydrogen (secondary N) is 1. The summed E-state index contributed by atoms with van der Waals surface area (Å²) in [5, 5.41) is 5.72. The van der Waals surface area contributed by atoms with E-state index in [1.807, 2.05) is 50.4 Å². The molecule has 5 heteroatoms. The number of aromatic nitrogens is 1. The Kier molecular flexibility index (Phi) is 4.52. The molecular formula is C15H18N2O2S. The van der Waals surface area contributed by atoms with Gasteiger partial charge in [0, 0.05) is 22.8 Å². The highest BCUT2D eigenvalue weighted by atomic mass is 32.1. The Balaban J connectivity index is 1.92. The molecule has 0 unspecified atom stereocenters. The lowest BCUT2D eigenvalue weighted by atomic mass is 10.2. The maximum absolute atomic E-state index is 11.7. The zero-order chi connectivity index (χ0) is 14.6. The van der Waals surface area contributed by atoms with E-state index in [1.54, 1.807) is 17.5 Å². The molecule has 1 heterocycles. The number of rotatable bonds is 4. The Bertz CT molecular complexity index is 557. The van der Waals surface area contributed by atoms with E-state index >= 15 is 0 Å². The highest BCUT2D eigenvalue weighted by molar-refractivity contribution is 7.13. The van der Waals surface area contributed by atoms with Crippen molar-refractivity contribution < 1.29 is 9.53 Å². The van der Waals surface area contributed by atoms with Gasteiger partial charge in [0.2, 0.25) is 5.91 Å². The van der Waals surface area contributed by atoms with Crippen LogP contribution in [0.3, 0.4) is 0 Å². The first kappa shape index (κ1) is 14.7. The summed E-state index contributed by atoms with van der Waals surface area (Å²) in [6.45, 7) is 5.81. The van der Waals surface area contributed by atoms with Crippen molar-refractivity contribution in [1.82, 2.24) is 4.98 Å². The molecule has 0 atom stereocenters. The fourth-order valence-corrected chi connectivity index (χ4v) is 2.19. The van der Waals surface area contributed by atoms with Gasteiger partial charge in [-0.05, 0) is 45.0 Å². The second-order valence-electron chi connectivity index (χ2n) is 5.36. The molecule has 2 aromatic rings. The zero-order valence-electron chi connectivity index (χ0n) is 11.8. The number of ether oxygens (including phenoxy) is 1. The normalized spacial score (nSPS) is 11.3. The summed E-state index contributed by atoms with van der Waals surface area (Å²) in [5.41, 5.74) is 1.49. The van der Waals surface area contributed by atoms with Gasteiger partial charge in [0.25, 0.3) is 0 Å². The van der Waals surface area contributed by atoms with Crippen molar-refractivity contribution >= 4 is 22.9 Å². The first-order chi connectivity index (χ1) is 9.44. The van der Waals surface area contributed by atoms with E-state index in [0.29, 0.717) is 0 Å². The third-order valence-electron chi connectivity index (χ3n) is 2.48. The Hall–Kier alpha value is -1.72. The number of amides is 1. The fraction of sp³-hybridized carbons (Fsp3) is 0.333. The van der Waals surface area contributed by atoms with Gasteiger partial charge in [-0.3, -0.25) is 4.79 Å². The maximum atomic E-state index is 11.7. The van der Waals surface area contributed by atoms with E-state index in [9.17, 15) is 4.79 Å². The van der Waals surface area contributed by atoms with Crippen LogP contribution in [0.5, 0.6) is 0 Å². The molecule has 0 aliphatic carbocycles. The summed E-state index contributed by atoms with van der Waals surface area (Å²) < 4.78 is 5.43. The molecule has 1 aromatic carbocycles. The molecule has 0 saturated carbocycles. The van der Waals surface area contributed by atoms with Crippen LogP contribution in [0.1, 0.15) is 20.8 Å². The lowest BCUT2D eigenvalue weighted by molar-refractivity contribution is -0.125. The predicted octanol–water partition coefficient (Wildman–Crippen LogP) is 3.56. The maximum Gasteiger partial charge on any atom is 0.250 e. The Morgan fingerprint density at radius 3 is 2.55 bits per heavy atom. The minimum Gasteiger partial charge on any atom is -0.366 e. The van der Waals surface area contributed by atoms with Crippen LogP contribution in [0.25, 0.3) is 10.6 Å². The summed E-state index contributed by atoms with van der Waals surface area (Å²) in [5.74, 6) is -0.151. The van der Waals surface area contributed by atoms with Crippen molar-refractivity contribution in [2.45, 2.75) is 26.4 Å². The first-order valence-electron chi connectivity index (χ1n) is 6.38. The predicted molar refractivity (Wildman–Crippen MR) is 81.9 cm³/mol. The standard InChI is InChI=1S/C15H18N2O2S/c1-15(2,3)19-10-13(18)17-12-6-4-11(5-7-12)14-16-8-9-20-14/h4-9H,10H2,1-3H3,(H,17,18). The molecule has 0 bridgehead atoms. The van der Waals surface area contributed by atoms with E-state index in [-0.39, 0.29) is 18.1 Å². The average Bonchev–Trinajstić information content (AvgIpc) is 2.90. The van der Waals surface area contributed by atoms with Gasteiger partial charge in [-0.1, -0.05) is 0 Å². The summed E-state index contributed by atoms with van der Waals surface area (Å²) in [6, 6.07) is 7.62. The number of thiazole rings is 1. The molecule has 20 heavy (non-hydrogen) atoms. The molecule has 0 radical (unpaired) electrons. The van der Waals surface area contributed by atoms with Crippen LogP contribution in [0.2, 0.25) is 0 Å². The van der Waals surface area contributed by atoms with E-state index in [4.69, 9.17) is 4.74 Å². The molecule has 0 aliphatic heterocycles. The number of nitrogens with zero attached hydrogens (tertiary/aromatic N) is 1. The van der Waals surface area contributed by atoms with Gasteiger partial charge < -0.3 is 10.1 Å². The minimum absolute atomic E-state index is 0.0533. The molecule has 0 saturated heterocycles. The second kappa shape index (κ2) is 6.15. The minimum atomic E-state index is -0.313. The topological polar surface area (TPSA) is 51.2 Å². The largest absolute Gasteiger partial charge is 0.366 e. The van der Waals surface area contributed by atoms with Crippen LogP contribution in [0, 0.1) is 0 Å². The lowest BCUT2D eigenvalue weighted by Gasteiger charge is -2.19. The third kappa shape index (κ3) is 4.43. The summed E-state index contributed by atoms with van der Waals surface area (Å²) in [4.78, 5) is 16.0. The summed E-state index contributed by atoms with van der Waals surface area (Å²) in [6.07, 6.45) is 1.78. The second-order valence-corrected chi connectivity index (χ2v) is 6.26. The number of benzene rings is 1. The number of anilines is 1. The molecule has 1 aromatic heterocycles. The average molecular weight is 290 g/mol. The Morgan fingerprint density at radius 2 is 2.00 bits per heavy atom. The molecule has 0 spiro atoms. The van der Waals surface area contributed by atoms with E-state index in [1.165, 1.54) is 0 Å². The van der Waals surface area contributed by atoms with Crippen LogP contribution in [0.15, 0.2) is 35.8 Å². The number of hydrogen-bond acceptors (Lipinski definition) is 4. The van der Waals surface area contributed by atoms with Crippen molar-refractivity contribution in [2.24, 2.45) is 0 Å². The monoisotopic (exact) mass is 290 g/mol. The van der Waals surface area contributed by atoms with Crippen molar-refractivity contribution in [3.63, 3.8) is 0 Å². The lowest BCUT2D eigenvalue weighted by Crippen LogP contribution is -2.27. The van der Waals surface area contributed by atoms with E-state index < -0.39 is 0 Å². The zero-order valence-corrected chi connectivity index (χ0v) is 12.7. The van der Waals surface area contributed by atoms with Crippen LogP contribution in [-0.4, -0.2) is 23.1 Å². The van der Waals surface area contributed by atoms with Crippen molar-refractivity contribution in [1.29, 1.82) is 0 Å². The van der Waals surface area contributed by atoms with Crippen molar-refractivity contribution in [3.8, 4) is 10.6 Å². The molecule has 4 nitrogen and oxygen atoms in total. The highest BCUT2D eigenvalue weighted by Crippen LogP contribution is 2.23. The number of carbonyl (C=O) groups excluding carboxylic acids is 1. The van der Waals surface area contributed by atoms with Gasteiger partial charge in [-0.25, -0.2) is 4.98 Å². The van der Waals surface area contributed by atoms with Gasteiger partial charge >= 0.3 is 0 Å². The van der Waals surface area contributed by atoms with E-state index in [2.05, 4.69) is 10.3 Å².